The summed E-state index contributed by atoms with van der Waals surface area (Å²) in [6, 6.07) is 37.5. The second kappa shape index (κ2) is 11.1. The first kappa shape index (κ1) is 24.9. The lowest BCUT2D eigenvalue weighted by atomic mass is 10.0. The molecule has 184 valence electrons. The predicted octanol–water partition coefficient (Wildman–Crippen LogP) is 8.26. The maximum atomic E-state index is 14.2. The number of hydrogen-bond donors (Lipinski definition) is 1. The van der Waals surface area contributed by atoms with E-state index in [0.717, 1.165) is 32.7 Å². The summed E-state index contributed by atoms with van der Waals surface area (Å²) < 4.78 is 17.2. The van der Waals surface area contributed by atoms with Crippen molar-refractivity contribution in [1.82, 2.24) is 4.57 Å². The number of para-hydroxylation sites is 1. The Hall–Kier alpha value is -4.73. The van der Waals surface area contributed by atoms with Crippen molar-refractivity contribution in [1.29, 1.82) is 5.26 Å². The molecule has 6 heteroatoms. The quantitative estimate of drug-likeness (QED) is 0.167. The summed E-state index contributed by atoms with van der Waals surface area (Å²) in [5, 5.41) is 12.4. The normalized spacial score (nSPS) is 11.1. The monoisotopic (exact) mass is 561 g/mol. The molecule has 0 spiro atoms. The molecule has 4 aromatic carbocycles. The van der Waals surface area contributed by atoms with Gasteiger partial charge in [0.05, 0.1) is 17.1 Å². The Balaban J connectivity index is 1.73. The van der Waals surface area contributed by atoms with E-state index in [0.29, 0.717) is 5.56 Å². The van der Waals surface area contributed by atoms with Gasteiger partial charge in [-0.05, 0) is 59.7 Å². The van der Waals surface area contributed by atoms with Gasteiger partial charge in [-0.15, -0.1) is 0 Å². The molecule has 0 unspecified atom stereocenters. The number of anilines is 1. The summed E-state index contributed by atoms with van der Waals surface area (Å²) >= 11 is 3.51. The minimum atomic E-state index is -0.686. The average Bonchev–Trinajstić information content (AvgIpc) is 3.33. The zero-order valence-electron chi connectivity index (χ0n) is 20.1. The smallest absolute Gasteiger partial charge is 0.266 e. The molecular weight excluding hydrogens is 541 g/mol. The number of amides is 1. The largest absolute Gasteiger partial charge is 0.319 e. The van der Waals surface area contributed by atoms with E-state index in [2.05, 4.69) is 25.8 Å². The van der Waals surface area contributed by atoms with Crippen molar-refractivity contribution < 1.29 is 9.18 Å². The Bertz CT molecular complexity index is 1670. The molecule has 38 heavy (non-hydrogen) atoms. The number of benzene rings is 4. The first-order valence-corrected chi connectivity index (χ1v) is 12.6. The van der Waals surface area contributed by atoms with Crippen LogP contribution >= 0.6 is 15.9 Å². The van der Waals surface area contributed by atoms with Crippen LogP contribution in [-0.4, -0.2) is 10.5 Å². The summed E-state index contributed by atoms with van der Waals surface area (Å²) in [6.07, 6.45) is 1.56. The van der Waals surface area contributed by atoms with Gasteiger partial charge in [-0.1, -0.05) is 88.7 Å². The summed E-state index contributed by atoms with van der Waals surface area (Å²) in [6.45, 7) is 0. The van der Waals surface area contributed by atoms with E-state index in [9.17, 15) is 14.4 Å². The molecule has 1 amide bonds. The van der Waals surface area contributed by atoms with Gasteiger partial charge in [-0.3, -0.25) is 4.79 Å². The van der Waals surface area contributed by atoms with Crippen molar-refractivity contribution in [2.75, 3.05) is 5.32 Å². The lowest BCUT2D eigenvalue weighted by Crippen LogP contribution is -2.14. The number of halogens is 2. The minimum Gasteiger partial charge on any atom is -0.319 e. The molecule has 0 saturated carbocycles. The van der Waals surface area contributed by atoms with Crippen LogP contribution in [-0.2, 0) is 4.79 Å². The lowest BCUT2D eigenvalue weighted by Gasteiger charge is -2.15. The van der Waals surface area contributed by atoms with E-state index >= 15 is 0 Å². The molecule has 0 bridgehead atoms. The minimum absolute atomic E-state index is 0.0133. The molecule has 0 fully saturated rings. The van der Waals surface area contributed by atoms with Gasteiger partial charge < -0.3 is 9.88 Å². The Labute approximate surface area is 228 Å². The SMILES string of the molecule is N#C/C(=C\c1cc(-c2ccccc2)n(-c2ccc(Br)cc2)c1-c1ccccc1)C(=O)Nc1ccccc1F. The Morgan fingerprint density at radius 2 is 1.45 bits per heavy atom. The summed E-state index contributed by atoms with van der Waals surface area (Å²) in [5.74, 6) is -1.26. The first-order chi connectivity index (χ1) is 18.5. The Morgan fingerprint density at radius 1 is 0.842 bits per heavy atom. The highest BCUT2D eigenvalue weighted by Gasteiger charge is 2.20. The van der Waals surface area contributed by atoms with Gasteiger partial charge in [0.2, 0.25) is 0 Å². The van der Waals surface area contributed by atoms with E-state index in [1.807, 2.05) is 97.1 Å². The van der Waals surface area contributed by atoms with Crippen LogP contribution in [0.4, 0.5) is 10.1 Å². The van der Waals surface area contributed by atoms with Gasteiger partial charge in [0.1, 0.15) is 17.5 Å². The van der Waals surface area contributed by atoms with E-state index in [-0.39, 0.29) is 11.3 Å². The van der Waals surface area contributed by atoms with Gasteiger partial charge in [0.15, 0.2) is 0 Å². The summed E-state index contributed by atoms with van der Waals surface area (Å²) in [4.78, 5) is 13.0. The number of nitriles is 1. The number of carbonyl (C=O) groups excluding carboxylic acids is 1. The zero-order chi connectivity index (χ0) is 26.5. The average molecular weight is 562 g/mol. The fourth-order valence-corrected chi connectivity index (χ4v) is 4.53. The zero-order valence-corrected chi connectivity index (χ0v) is 21.7. The van der Waals surface area contributed by atoms with Crippen molar-refractivity contribution in [2.24, 2.45) is 0 Å². The van der Waals surface area contributed by atoms with E-state index in [1.54, 1.807) is 12.1 Å². The maximum absolute atomic E-state index is 14.2. The molecule has 4 nitrogen and oxygen atoms in total. The van der Waals surface area contributed by atoms with Crippen molar-refractivity contribution in [3.05, 3.63) is 137 Å². The standard InChI is InChI=1S/C32H21BrFN3O/c33-26-15-17-27(18-16-26)37-30(22-9-3-1-4-10-22)20-24(31(37)23-11-5-2-6-12-23)19-25(21-35)32(38)36-29-14-8-7-13-28(29)34/h1-20H,(H,36,38)/b25-19+. The van der Waals surface area contributed by atoms with Crippen molar-refractivity contribution in [3.8, 4) is 34.3 Å². The fourth-order valence-electron chi connectivity index (χ4n) is 4.27. The highest BCUT2D eigenvalue weighted by molar-refractivity contribution is 9.10. The fraction of sp³-hybridized carbons (Fsp3) is 0. The molecular formula is C32H21BrFN3O. The highest BCUT2D eigenvalue weighted by Crippen LogP contribution is 2.37. The predicted molar refractivity (Wildman–Crippen MR) is 153 cm³/mol. The lowest BCUT2D eigenvalue weighted by molar-refractivity contribution is -0.112. The molecule has 1 aromatic heterocycles. The van der Waals surface area contributed by atoms with Gasteiger partial charge >= 0.3 is 0 Å². The third-order valence-electron chi connectivity index (χ3n) is 6.02. The van der Waals surface area contributed by atoms with Gasteiger partial charge in [-0.2, -0.15) is 5.26 Å². The number of hydrogen-bond acceptors (Lipinski definition) is 2. The third kappa shape index (κ3) is 5.19. The first-order valence-electron chi connectivity index (χ1n) is 11.9. The van der Waals surface area contributed by atoms with Crippen LogP contribution in [0.25, 0.3) is 34.3 Å². The second-order valence-corrected chi connectivity index (χ2v) is 9.40. The van der Waals surface area contributed by atoms with Gasteiger partial charge in [0.25, 0.3) is 5.91 Å². The number of carbonyl (C=O) groups is 1. The van der Waals surface area contributed by atoms with Crippen LogP contribution in [0.5, 0.6) is 0 Å². The maximum Gasteiger partial charge on any atom is 0.266 e. The van der Waals surface area contributed by atoms with Gasteiger partial charge in [0, 0.05) is 15.7 Å². The molecule has 1 N–H and O–H groups in total. The Kier molecular flexibility index (Phi) is 7.30. The van der Waals surface area contributed by atoms with Crippen molar-refractivity contribution >= 4 is 33.6 Å². The number of nitrogens with zero attached hydrogens (tertiary/aromatic N) is 2. The Morgan fingerprint density at radius 3 is 2.08 bits per heavy atom. The van der Waals surface area contributed by atoms with E-state index in [1.165, 1.54) is 18.2 Å². The molecule has 0 atom stereocenters. The van der Waals surface area contributed by atoms with Crippen LogP contribution in [0.1, 0.15) is 5.56 Å². The molecule has 0 saturated heterocycles. The van der Waals surface area contributed by atoms with Crippen molar-refractivity contribution in [3.63, 3.8) is 0 Å². The summed E-state index contributed by atoms with van der Waals surface area (Å²) in [7, 11) is 0. The molecule has 0 radical (unpaired) electrons. The molecule has 0 aliphatic heterocycles. The van der Waals surface area contributed by atoms with Gasteiger partial charge in [-0.25, -0.2) is 4.39 Å². The van der Waals surface area contributed by atoms with Crippen LogP contribution in [0.15, 0.2) is 125 Å². The van der Waals surface area contributed by atoms with E-state index in [4.69, 9.17) is 0 Å². The molecule has 5 rings (SSSR count). The van der Waals surface area contributed by atoms with Crippen LogP contribution in [0.3, 0.4) is 0 Å². The highest BCUT2D eigenvalue weighted by atomic mass is 79.9. The molecule has 5 aromatic rings. The molecule has 0 aliphatic rings. The second-order valence-electron chi connectivity index (χ2n) is 8.48. The number of rotatable bonds is 6. The van der Waals surface area contributed by atoms with Crippen LogP contribution in [0.2, 0.25) is 0 Å². The van der Waals surface area contributed by atoms with Crippen LogP contribution in [0, 0.1) is 17.1 Å². The molecule has 1 heterocycles. The van der Waals surface area contributed by atoms with E-state index < -0.39 is 11.7 Å². The van der Waals surface area contributed by atoms with Crippen LogP contribution < -0.4 is 5.32 Å². The third-order valence-corrected chi connectivity index (χ3v) is 6.55. The summed E-state index contributed by atoms with van der Waals surface area (Å²) in [5.41, 5.74) is 5.07. The molecule has 0 aliphatic carbocycles. The topological polar surface area (TPSA) is 57.8 Å². The van der Waals surface area contributed by atoms with Crippen molar-refractivity contribution in [2.45, 2.75) is 0 Å². The number of aromatic nitrogens is 1. The number of nitrogens with one attached hydrogen (secondary N) is 1.